The van der Waals surface area contributed by atoms with E-state index < -0.39 is 5.38 Å². The van der Waals surface area contributed by atoms with Crippen LogP contribution in [0.15, 0.2) is 54.7 Å². The lowest BCUT2D eigenvalue weighted by molar-refractivity contribution is -0.143. The maximum absolute atomic E-state index is 12.4. The van der Waals surface area contributed by atoms with Crippen LogP contribution in [0.25, 0.3) is 10.9 Å². The minimum Gasteiger partial charge on any atom is -0.378 e. The van der Waals surface area contributed by atoms with E-state index in [2.05, 4.69) is 10.4 Å². The summed E-state index contributed by atoms with van der Waals surface area (Å²) in [5.74, 6) is -0.155. The third-order valence-corrected chi connectivity index (χ3v) is 5.39. The molecule has 1 N–H and O–H groups in total. The first-order valence-electron chi connectivity index (χ1n) is 8.51. The molecular weight excluding hydrogens is 383 g/mol. The molecule has 1 amide bonds. The van der Waals surface area contributed by atoms with Crippen LogP contribution in [0.5, 0.6) is 0 Å². The monoisotopic (exact) mass is 400 g/mol. The fraction of sp³-hybridized carbons (Fsp3) is 0.200. The molecule has 2 aromatic carbocycles. The van der Waals surface area contributed by atoms with Gasteiger partial charge in [0.25, 0.3) is 5.91 Å². The van der Waals surface area contributed by atoms with Gasteiger partial charge in [-0.3, -0.25) is 15.2 Å². The number of pyridine rings is 1. The highest BCUT2D eigenvalue weighted by molar-refractivity contribution is 6.34. The highest BCUT2D eigenvalue weighted by Gasteiger charge is 2.47. The summed E-state index contributed by atoms with van der Waals surface area (Å²) in [6.45, 7) is 0. The smallest absolute Gasteiger partial charge is 0.262 e. The van der Waals surface area contributed by atoms with Crippen molar-refractivity contribution in [3.05, 3.63) is 65.3 Å². The fourth-order valence-electron chi connectivity index (χ4n) is 3.21. The molecule has 0 radical (unpaired) electrons. The number of amides is 1. The first-order valence-corrected chi connectivity index (χ1v) is 9.32. The van der Waals surface area contributed by atoms with E-state index in [1.54, 1.807) is 23.3 Å². The molecular formula is C20H18Cl2N4O. The van der Waals surface area contributed by atoms with Gasteiger partial charge in [0, 0.05) is 36.4 Å². The van der Waals surface area contributed by atoms with Gasteiger partial charge in [-0.15, -0.1) is 11.6 Å². The van der Waals surface area contributed by atoms with Crippen molar-refractivity contribution in [1.29, 1.82) is 0 Å². The molecule has 1 aliphatic rings. The van der Waals surface area contributed by atoms with Crippen LogP contribution in [0, 0.1) is 0 Å². The third kappa shape index (κ3) is 3.17. The lowest BCUT2D eigenvalue weighted by Crippen LogP contribution is -2.58. The number of hydrogen-bond donors (Lipinski definition) is 1. The zero-order chi connectivity index (χ0) is 19.1. The number of hydrazine groups is 1. The highest BCUT2D eigenvalue weighted by atomic mass is 35.5. The van der Waals surface area contributed by atoms with Crippen molar-refractivity contribution < 1.29 is 4.79 Å². The summed E-state index contributed by atoms with van der Waals surface area (Å²) in [6, 6.07) is 15.1. The number of nitrogens with one attached hydrogen (secondary N) is 1. The number of fused-ring (bicyclic) bond motifs is 1. The molecule has 2 heterocycles. The largest absolute Gasteiger partial charge is 0.378 e. The lowest BCUT2D eigenvalue weighted by atomic mass is 9.95. The second-order valence-electron chi connectivity index (χ2n) is 6.67. The van der Waals surface area contributed by atoms with E-state index in [-0.39, 0.29) is 11.9 Å². The second kappa shape index (κ2) is 6.91. The summed E-state index contributed by atoms with van der Waals surface area (Å²) in [5.41, 5.74) is 6.82. The van der Waals surface area contributed by atoms with E-state index in [4.69, 9.17) is 23.2 Å². The van der Waals surface area contributed by atoms with Gasteiger partial charge < -0.3 is 4.90 Å². The first kappa shape index (κ1) is 17.9. The number of β-lactam (4-membered cyclic amide) rings is 1. The van der Waals surface area contributed by atoms with Crippen LogP contribution in [0.2, 0.25) is 5.02 Å². The van der Waals surface area contributed by atoms with Crippen LogP contribution >= 0.6 is 23.2 Å². The number of nitrogens with zero attached hydrogens (tertiary/aromatic N) is 3. The molecule has 1 saturated heterocycles. The number of rotatable bonds is 4. The maximum Gasteiger partial charge on any atom is 0.262 e. The van der Waals surface area contributed by atoms with Gasteiger partial charge >= 0.3 is 0 Å². The number of hydrogen-bond acceptors (Lipinski definition) is 4. The van der Waals surface area contributed by atoms with Crippen LogP contribution < -0.4 is 10.3 Å². The Morgan fingerprint density at radius 3 is 2.56 bits per heavy atom. The lowest BCUT2D eigenvalue weighted by Gasteiger charge is -2.44. The van der Waals surface area contributed by atoms with Gasteiger partial charge in [-0.2, -0.15) is 0 Å². The number of benzene rings is 2. The van der Waals surface area contributed by atoms with Crippen molar-refractivity contribution in [3.63, 3.8) is 0 Å². The Balaban J connectivity index is 1.64. The van der Waals surface area contributed by atoms with Gasteiger partial charge in [0.2, 0.25) is 0 Å². The normalized spacial score (nSPS) is 19.1. The fourth-order valence-corrected chi connectivity index (χ4v) is 3.74. The molecule has 138 valence electrons. The van der Waals surface area contributed by atoms with Crippen molar-refractivity contribution in [2.75, 3.05) is 24.4 Å². The molecule has 3 aromatic rings. The quantitative estimate of drug-likeness (QED) is 0.518. The third-order valence-electron chi connectivity index (χ3n) is 4.73. The standard InChI is InChI=1S/C20H18Cl2N4O/c1-25(2)14-6-3-12(4-7-14)19-18(22)20(27)26(19)24-16-9-10-23-17-11-13(21)5-8-15(16)17/h3-11,18-19H,1-2H3,(H,23,24). The van der Waals surface area contributed by atoms with E-state index in [0.717, 1.165) is 27.8 Å². The Bertz CT molecular complexity index is 1010. The number of alkyl halides is 1. The van der Waals surface area contributed by atoms with Gasteiger partial charge in [0.1, 0.15) is 11.4 Å². The Morgan fingerprint density at radius 1 is 1.11 bits per heavy atom. The van der Waals surface area contributed by atoms with Crippen molar-refractivity contribution >= 4 is 51.4 Å². The van der Waals surface area contributed by atoms with Gasteiger partial charge in [-0.05, 0) is 42.0 Å². The van der Waals surface area contributed by atoms with E-state index in [1.807, 2.05) is 55.4 Å². The summed E-state index contributed by atoms with van der Waals surface area (Å²) in [5, 5.41) is 2.48. The summed E-state index contributed by atoms with van der Waals surface area (Å²) >= 11 is 12.4. The minimum atomic E-state index is -0.592. The Morgan fingerprint density at radius 2 is 1.85 bits per heavy atom. The molecule has 0 spiro atoms. The molecule has 0 saturated carbocycles. The molecule has 2 unspecified atom stereocenters. The van der Waals surface area contributed by atoms with Crippen molar-refractivity contribution in [1.82, 2.24) is 9.99 Å². The average Bonchev–Trinajstić information content (AvgIpc) is 2.67. The predicted molar refractivity (Wildman–Crippen MR) is 110 cm³/mol. The zero-order valence-electron chi connectivity index (χ0n) is 14.9. The number of anilines is 2. The van der Waals surface area contributed by atoms with E-state index in [9.17, 15) is 4.79 Å². The Hall–Kier alpha value is -2.50. The molecule has 27 heavy (non-hydrogen) atoms. The molecule has 1 aliphatic heterocycles. The van der Waals surface area contributed by atoms with Crippen LogP contribution in [-0.4, -0.2) is 35.4 Å². The van der Waals surface area contributed by atoms with Crippen molar-refractivity contribution in [2.24, 2.45) is 0 Å². The molecule has 0 bridgehead atoms. The molecule has 0 aliphatic carbocycles. The summed E-state index contributed by atoms with van der Waals surface area (Å²) in [7, 11) is 3.97. The SMILES string of the molecule is CN(C)c1ccc(C2C(Cl)C(=O)N2Nc2ccnc3cc(Cl)ccc23)cc1. The highest BCUT2D eigenvalue weighted by Crippen LogP contribution is 2.39. The van der Waals surface area contributed by atoms with Gasteiger partial charge in [-0.25, -0.2) is 5.01 Å². The summed E-state index contributed by atoms with van der Waals surface area (Å²) in [4.78, 5) is 18.8. The molecule has 1 fully saturated rings. The van der Waals surface area contributed by atoms with Crippen molar-refractivity contribution in [3.8, 4) is 0 Å². The molecule has 7 heteroatoms. The van der Waals surface area contributed by atoms with Gasteiger partial charge in [-0.1, -0.05) is 23.7 Å². The zero-order valence-corrected chi connectivity index (χ0v) is 16.4. The number of aromatic nitrogens is 1. The van der Waals surface area contributed by atoms with E-state index in [0.29, 0.717) is 5.02 Å². The van der Waals surface area contributed by atoms with Crippen molar-refractivity contribution in [2.45, 2.75) is 11.4 Å². The van der Waals surface area contributed by atoms with Crippen LogP contribution in [0.3, 0.4) is 0 Å². The number of carbonyl (C=O) groups is 1. The molecule has 1 aromatic heterocycles. The Labute approximate surface area is 167 Å². The molecule has 5 nitrogen and oxygen atoms in total. The second-order valence-corrected chi connectivity index (χ2v) is 7.58. The van der Waals surface area contributed by atoms with Crippen LogP contribution in [0.1, 0.15) is 11.6 Å². The summed E-state index contributed by atoms with van der Waals surface area (Å²) in [6.07, 6.45) is 1.68. The van der Waals surface area contributed by atoms with E-state index in [1.165, 1.54) is 0 Å². The average molecular weight is 401 g/mol. The number of carbonyl (C=O) groups excluding carboxylic acids is 1. The minimum absolute atomic E-state index is 0.155. The van der Waals surface area contributed by atoms with Crippen LogP contribution in [-0.2, 0) is 4.79 Å². The van der Waals surface area contributed by atoms with E-state index >= 15 is 0 Å². The van der Waals surface area contributed by atoms with Gasteiger partial charge in [0.05, 0.1) is 11.2 Å². The topological polar surface area (TPSA) is 48.5 Å². The Kier molecular flexibility index (Phi) is 4.58. The molecule has 2 atom stereocenters. The number of halogens is 2. The maximum atomic E-state index is 12.4. The van der Waals surface area contributed by atoms with Gasteiger partial charge in [0.15, 0.2) is 0 Å². The molecule has 4 rings (SSSR count). The predicted octanol–water partition coefficient (Wildman–Crippen LogP) is 4.47. The van der Waals surface area contributed by atoms with Crippen LogP contribution in [0.4, 0.5) is 11.4 Å². The summed E-state index contributed by atoms with van der Waals surface area (Å²) < 4.78 is 0. The first-order chi connectivity index (χ1) is 13.0.